The summed E-state index contributed by atoms with van der Waals surface area (Å²) in [5, 5.41) is 2.99. The number of benzene rings is 1. The van der Waals surface area contributed by atoms with Gasteiger partial charge in [-0.2, -0.15) is 4.31 Å². The van der Waals surface area contributed by atoms with Crippen LogP contribution in [0.5, 0.6) is 11.5 Å². The van der Waals surface area contributed by atoms with Gasteiger partial charge in [0.2, 0.25) is 15.9 Å². The van der Waals surface area contributed by atoms with Gasteiger partial charge in [0.15, 0.2) is 11.5 Å². The lowest BCUT2D eigenvalue weighted by Crippen LogP contribution is -2.42. The summed E-state index contributed by atoms with van der Waals surface area (Å²) in [5.74, 6) is 1.55. The second-order valence-corrected chi connectivity index (χ2v) is 10.4. The number of pyridine rings is 1. The smallest absolute Gasteiger partial charge is 0.243 e. The van der Waals surface area contributed by atoms with Crippen LogP contribution in [0.3, 0.4) is 0 Å². The molecular weight excluding hydrogens is 444 g/mol. The van der Waals surface area contributed by atoms with E-state index in [0.29, 0.717) is 57.2 Å². The molecule has 1 aromatic carbocycles. The van der Waals surface area contributed by atoms with Crippen molar-refractivity contribution in [2.45, 2.75) is 30.7 Å². The first-order valence-corrected chi connectivity index (χ1v) is 12.6. The average molecular weight is 475 g/mol. The third-order valence-corrected chi connectivity index (χ3v) is 7.82. The molecule has 2 aliphatic heterocycles. The van der Waals surface area contributed by atoms with E-state index in [0.717, 1.165) is 17.8 Å². The van der Waals surface area contributed by atoms with Gasteiger partial charge in [-0.1, -0.05) is 6.07 Å². The van der Waals surface area contributed by atoms with E-state index < -0.39 is 10.0 Å². The van der Waals surface area contributed by atoms with Gasteiger partial charge in [0, 0.05) is 63.9 Å². The number of anilines is 1. The number of piperidine rings is 1. The number of nitrogens with zero attached hydrogens (tertiary/aromatic N) is 3. The molecular formula is C23H30N4O5S. The number of amides is 1. The van der Waals surface area contributed by atoms with Gasteiger partial charge in [0.1, 0.15) is 5.82 Å². The van der Waals surface area contributed by atoms with Crippen LogP contribution < -0.4 is 19.7 Å². The van der Waals surface area contributed by atoms with Crippen molar-refractivity contribution < 1.29 is 22.7 Å². The van der Waals surface area contributed by atoms with Gasteiger partial charge in [-0.3, -0.25) is 4.79 Å². The molecule has 1 N–H and O–H groups in total. The van der Waals surface area contributed by atoms with Crippen LogP contribution in [0, 0.1) is 5.92 Å². The number of rotatable bonds is 6. The Morgan fingerprint density at radius 2 is 1.88 bits per heavy atom. The Balaban J connectivity index is 1.35. The fourth-order valence-electron chi connectivity index (χ4n) is 4.11. The molecule has 2 aliphatic rings. The first-order valence-electron chi connectivity index (χ1n) is 11.1. The number of aromatic nitrogens is 1. The van der Waals surface area contributed by atoms with Crippen molar-refractivity contribution in [2.75, 3.05) is 45.3 Å². The summed E-state index contributed by atoms with van der Waals surface area (Å²) in [6, 6.07) is 8.52. The second kappa shape index (κ2) is 9.96. The largest absolute Gasteiger partial charge is 0.490 e. The minimum Gasteiger partial charge on any atom is -0.490 e. The molecule has 0 unspecified atom stereocenters. The van der Waals surface area contributed by atoms with E-state index >= 15 is 0 Å². The predicted molar refractivity (Wildman–Crippen MR) is 124 cm³/mol. The molecule has 1 aromatic heterocycles. The number of carbonyl (C=O) groups excluding carboxylic acids is 1. The van der Waals surface area contributed by atoms with Crippen LogP contribution in [0.2, 0.25) is 0 Å². The van der Waals surface area contributed by atoms with Gasteiger partial charge in [-0.05, 0) is 31.0 Å². The highest BCUT2D eigenvalue weighted by atomic mass is 32.2. The van der Waals surface area contributed by atoms with E-state index in [4.69, 9.17) is 9.47 Å². The normalized spacial score (nSPS) is 17.3. The van der Waals surface area contributed by atoms with Gasteiger partial charge in [-0.25, -0.2) is 13.4 Å². The van der Waals surface area contributed by atoms with Gasteiger partial charge >= 0.3 is 0 Å². The zero-order valence-corrected chi connectivity index (χ0v) is 19.8. The summed E-state index contributed by atoms with van der Waals surface area (Å²) in [6.45, 7) is 2.02. The summed E-state index contributed by atoms with van der Waals surface area (Å²) in [7, 11) is 0.145. The molecule has 1 saturated heterocycles. The zero-order chi connectivity index (χ0) is 23.4. The van der Waals surface area contributed by atoms with Crippen LogP contribution in [0.4, 0.5) is 5.82 Å². The zero-order valence-electron chi connectivity index (χ0n) is 19.0. The average Bonchev–Trinajstić information content (AvgIpc) is 3.07. The highest BCUT2D eigenvalue weighted by Gasteiger charge is 2.32. The molecule has 1 fully saturated rings. The summed E-state index contributed by atoms with van der Waals surface area (Å²) < 4.78 is 39.0. The highest BCUT2D eigenvalue weighted by molar-refractivity contribution is 7.89. The van der Waals surface area contributed by atoms with Gasteiger partial charge in [0.05, 0.1) is 18.1 Å². The Morgan fingerprint density at radius 1 is 1.15 bits per heavy atom. The Morgan fingerprint density at radius 3 is 2.61 bits per heavy atom. The van der Waals surface area contributed by atoms with Crippen molar-refractivity contribution in [3.8, 4) is 11.5 Å². The molecule has 0 saturated carbocycles. The Kier molecular flexibility index (Phi) is 7.04. The molecule has 0 spiro atoms. The molecule has 4 rings (SSSR count). The van der Waals surface area contributed by atoms with E-state index in [1.54, 1.807) is 18.3 Å². The van der Waals surface area contributed by atoms with Crippen LogP contribution in [0.15, 0.2) is 41.4 Å². The molecule has 10 heteroatoms. The van der Waals surface area contributed by atoms with Crippen molar-refractivity contribution in [3.63, 3.8) is 0 Å². The summed E-state index contributed by atoms with van der Waals surface area (Å²) >= 11 is 0. The lowest BCUT2D eigenvalue weighted by Gasteiger charge is -2.30. The molecule has 178 valence electrons. The quantitative estimate of drug-likeness (QED) is 0.684. The van der Waals surface area contributed by atoms with Crippen LogP contribution in [-0.2, 0) is 21.4 Å². The van der Waals surface area contributed by atoms with Gasteiger partial charge in [-0.15, -0.1) is 0 Å². The lowest BCUT2D eigenvalue weighted by molar-refractivity contribution is -0.126. The fourth-order valence-corrected chi connectivity index (χ4v) is 5.59. The topological polar surface area (TPSA) is 101 Å². The summed E-state index contributed by atoms with van der Waals surface area (Å²) in [6.07, 6.45) is 3.43. The first kappa shape index (κ1) is 23.3. The van der Waals surface area contributed by atoms with Crippen molar-refractivity contribution in [1.82, 2.24) is 14.6 Å². The molecule has 0 atom stereocenters. The number of ether oxygens (including phenoxy) is 2. The van der Waals surface area contributed by atoms with Crippen LogP contribution in [0.25, 0.3) is 0 Å². The standard InChI is InChI=1S/C23H30N4O5S/c1-26(2)22-18(5-3-10-24-22)16-25-23(28)17-8-11-27(12-9-17)33(29,30)19-6-7-20-21(15-19)32-14-4-13-31-20/h3,5-7,10,15,17H,4,8-9,11-14,16H2,1-2H3,(H,25,28). The molecule has 0 aliphatic carbocycles. The molecule has 3 heterocycles. The van der Waals surface area contributed by atoms with Crippen LogP contribution in [-0.4, -0.2) is 64.0 Å². The maximum absolute atomic E-state index is 13.2. The third-order valence-electron chi connectivity index (χ3n) is 5.93. The second-order valence-electron chi connectivity index (χ2n) is 8.44. The van der Waals surface area contributed by atoms with Gasteiger partial charge < -0.3 is 19.7 Å². The first-order chi connectivity index (χ1) is 15.9. The molecule has 1 amide bonds. The Labute approximate surface area is 194 Å². The number of hydrogen-bond acceptors (Lipinski definition) is 7. The maximum atomic E-state index is 13.2. The predicted octanol–water partition coefficient (Wildman–Crippen LogP) is 2.03. The molecule has 0 bridgehead atoms. The van der Waals surface area contributed by atoms with Gasteiger partial charge in [0.25, 0.3) is 0 Å². The van der Waals surface area contributed by atoms with Crippen molar-refractivity contribution >= 4 is 21.7 Å². The lowest BCUT2D eigenvalue weighted by atomic mass is 9.97. The number of carbonyl (C=O) groups is 1. The van der Waals surface area contributed by atoms with E-state index in [1.807, 2.05) is 31.1 Å². The molecule has 33 heavy (non-hydrogen) atoms. The van der Waals surface area contributed by atoms with Crippen molar-refractivity contribution in [3.05, 3.63) is 42.1 Å². The molecule has 2 aromatic rings. The number of hydrogen-bond donors (Lipinski definition) is 1. The maximum Gasteiger partial charge on any atom is 0.243 e. The van der Waals surface area contributed by atoms with E-state index in [-0.39, 0.29) is 16.7 Å². The van der Waals surface area contributed by atoms with Crippen molar-refractivity contribution in [1.29, 1.82) is 0 Å². The van der Waals surface area contributed by atoms with Crippen LogP contribution >= 0.6 is 0 Å². The van der Waals surface area contributed by atoms with Crippen molar-refractivity contribution in [2.24, 2.45) is 5.92 Å². The number of nitrogens with one attached hydrogen (secondary N) is 1. The van der Waals surface area contributed by atoms with E-state index in [9.17, 15) is 13.2 Å². The highest BCUT2D eigenvalue weighted by Crippen LogP contribution is 2.33. The molecule has 9 nitrogen and oxygen atoms in total. The summed E-state index contributed by atoms with van der Waals surface area (Å²) in [5.41, 5.74) is 0.935. The minimum absolute atomic E-state index is 0.0591. The van der Waals surface area contributed by atoms with Crippen LogP contribution in [0.1, 0.15) is 24.8 Å². The Bertz CT molecular complexity index is 1100. The van der Waals surface area contributed by atoms with E-state index in [2.05, 4.69) is 10.3 Å². The third kappa shape index (κ3) is 5.22. The van der Waals surface area contributed by atoms with E-state index in [1.165, 1.54) is 10.4 Å². The minimum atomic E-state index is -3.67. The monoisotopic (exact) mass is 474 g/mol. The number of sulfonamides is 1. The SMILES string of the molecule is CN(C)c1ncccc1CNC(=O)C1CCN(S(=O)(=O)c2ccc3c(c2)OCCCO3)CC1. The number of fused-ring (bicyclic) bond motifs is 1. The fraction of sp³-hybridized carbons (Fsp3) is 0.478. The molecule has 0 radical (unpaired) electrons. The summed E-state index contributed by atoms with van der Waals surface area (Å²) in [4.78, 5) is 19.2. The Hall–Kier alpha value is -2.85.